The number of hydrogen-bond donors (Lipinski definition) is 4. The number of nitrogen functional groups attached to an aromatic ring is 2. The van der Waals surface area contributed by atoms with Gasteiger partial charge < -0.3 is 21.7 Å². The van der Waals surface area contributed by atoms with Gasteiger partial charge in [-0.25, -0.2) is 0 Å². The second kappa shape index (κ2) is 2.80. The van der Waals surface area contributed by atoms with Gasteiger partial charge in [0.25, 0.3) is 0 Å². The zero-order chi connectivity index (χ0) is 9.46. The molecule has 1 aromatic carbocycles. The molecule has 0 aliphatic heterocycles. The van der Waals surface area contributed by atoms with Crippen molar-refractivity contribution in [2.45, 2.75) is 0 Å². The molecule has 0 amide bonds. The Morgan fingerprint density at radius 1 is 0.833 bits per heavy atom. The molecule has 0 aliphatic carbocycles. The number of aromatic hydroxyl groups is 2. The van der Waals surface area contributed by atoms with Crippen LogP contribution in [0.2, 0.25) is 10.0 Å². The normalized spacial score (nSPS) is 10.2. The maximum atomic E-state index is 9.16. The molecule has 0 radical (unpaired) electrons. The molecule has 0 saturated carbocycles. The molecule has 0 heterocycles. The molecule has 0 bridgehead atoms. The number of nitrogens with two attached hydrogens (primary N) is 2. The lowest BCUT2D eigenvalue weighted by molar-refractivity contribution is 0.465. The molecule has 1 rings (SSSR count). The molecule has 6 heteroatoms. The fourth-order valence-corrected chi connectivity index (χ4v) is 1.08. The monoisotopic (exact) mass is 208 g/mol. The highest BCUT2D eigenvalue weighted by Crippen LogP contribution is 2.46. The largest absolute Gasteiger partial charge is 0.504 e. The zero-order valence-electron chi connectivity index (χ0n) is 5.81. The summed E-state index contributed by atoms with van der Waals surface area (Å²) in [6.07, 6.45) is 0. The van der Waals surface area contributed by atoms with Crippen molar-refractivity contribution in [2.24, 2.45) is 0 Å². The fraction of sp³-hybridized carbons (Fsp3) is 0. The first-order valence-corrected chi connectivity index (χ1v) is 3.66. The summed E-state index contributed by atoms with van der Waals surface area (Å²) in [6.45, 7) is 0. The van der Waals surface area contributed by atoms with Crippen LogP contribution in [-0.2, 0) is 0 Å². The molecular formula is C6H6Cl2N2O2. The van der Waals surface area contributed by atoms with E-state index in [1.807, 2.05) is 0 Å². The third-order valence-corrected chi connectivity index (χ3v) is 2.16. The summed E-state index contributed by atoms with van der Waals surface area (Å²) >= 11 is 11.0. The van der Waals surface area contributed by atoms with Crippen LogP contribution in [0.25, 0.3) is 0 Å². The Bertz CT molecular complexity index is 236. The predicted octanol–water partition coefficient (Wildman–Crippen LogP) is 1.57. The summed E-state index contributed by atoms with van der Waals surface area (Å²) in [7, 11) is 0. The maximum Gasteiger partial charge on any atom is 0.161 e. The number of hydrogen-bond acceptors (Lipinski definition) is 4. The van der Waals surface area contributed by atoms with Crippen LogP contribution in [0, 0.1) is 0 Å². The number of anilines is 2. The van der Waals surface area contributed by atoms with E-state index in [0.29, 0.717) is 0 Å². The third-order valence-electron chi connectivity index (χ3n) is 1.40. The van der Waals surface area contributed by atoms with Crippen molar-refractivity contribution >= 4 is 34.6 Å². The van der Waals surface area contributed by atoms with E-state index in [1.165, 1.54) is 0 Å². The standard InChI is InChI=1S/C6H6Cl2N2O2/c7-1-3(9)6(12)2(8)4(10)5(1)11/h11-12H,9-10H2. The van der Waals surface area contributed by atoms with E-state index < -0.39 is 11.5 Å². The Kier molecular flexibility index (Phi) is 2.12. The maximum absolute atomic E-state index is 9.16. The Morgan fingerprint density at radius 2 is 1.08 bits per heavy atom. The van der Waals surface area contributed by atoms with Crippen molar-refractivity contribution in [3.63, 3.8) is 0 Å². The summed E-state index contributed by atoms with van der Waals surface area (Å²) in [5.74, 6) is -0.839. The highest BCUT2D eigenvalue weighted by molar-refractivity contribution is 6.40. The fourth-order valence-electron chi connectivity index (χ4n) is 0.699. The average Bonchev–Trinajstić information content (AvgIpc) is 2.08. The lowest BCUT2D eigenvalue weighted by atomic mass is 10.2. The Morgan fingerprint density at radius 3 is 1.33 bits per heavy atom. The van der Waals surface area contributed by atoms with Gasteiger partial charge in [0.1, 0.15) is 10.0 Å². The summed E-state index contributed by atoms with van der Waals surface area (Å²) in [5, 5.41) is 17.9. The molecule has 0 aromatic heterocycles. The summed E-state index contributed by atoms with van der Waals surface area (Å²) in [5.41, 5.74) is 10.2. The van der Waals surface area contributed by atoms with Crippen molar-refractivity contribution in [3.05, 3.63) is 10.0 Å². The van der Waals surface area contributed by atoms with Gasteiger partial charge in [-0.3, -0.25) is 0 Å². The van der Waals surface area contributed by atoms with Crippen LogP contribution in [0.4, 0.5) is 11.4 Å². The van der Waals surface area contributed by atoms with Crippen molar-refractivity contribution in [2.75, 3.05) is 11.5 Å². The number of phenolic OH excluding ortho intramolecular Hbond substituents is 2. The molecular weight excluding hydrogens is 203 g/mol. The zero-order valence-corrected chi connectivity index (χ0v) is 7.32. The highest BCUT2D eigenvalue weighted by Gasteiger charge is 2.17. The van der Waals surface area contributed by atoms with E-state index in [2.05, 4.69) is 0 Å². The van der Waals surface area contributed by atoms with Crippen LogP contribution in [0.3, 0.4) is 0 Å². The van der Waals surface area contributed by atoms with Crippen molar-refractivity contribution < 1.29 is 10.2 Å². The number of benzene rings is 1. The highest BCUT2D eigenvalue weighted by atomic mass is 35.5. The van der Waals surface area contributed by atoms with Gasteiger partial charge >= 0.3 is 0 Å². The van der Waals surface area contributed by atoms with Crippen LogP contribution >= 0.6 is 23.2 Å². The minimum absolute atomic E-state index is 0.187. The van der Waals surface area contributed by atoms with Crippen molar-refractivity contribution in [1.29, 1.82) is 0 Å². The first-order chi connectivity index (χ1) is 5.46. The van der Waals surface area contributed by atoms with E-state index in [4.69, 9.17) is 44.9 Å². The van der Waals surface area contributed by atoms with Gasteiger partial charge in [0.2, 0.25) is 0 Å². The molecule has 6 N–H and O–H groups in total. The number of halogens is 2. The van der Waals surface area contributed by atoms with Gasteiger partial charge in [-0.15, -0.1) is 0 Å². The summed E-state index contributed by atoms with van der Waals surface area (Å²) in [6, 6.07) is 0. The number of phenols is 2. The van der Waals surface area contributed by atoms with Crippen molar-refractivity contribution in [3.8, 4) is 11.5 Å². The molecule has 0 aliphatic rings. The van der Waals surface area contributed by atoms with E-state index in [1.54, 1.807) is 0 Å². The lowest BCUT2D eigenvalue weighted by Crippen LogP contribution is -1.94. The average molecular weight is 209 g/mol. The Labute approximate surface area is 78.3 Å². The minimum atomic E-state index is -0.419. The van der Waals surface area contributed by atoms with Crippen LogP contribution in [-0.4, -0.2) is 10.2 Å². The van der Waals surface area contributed by atoms with Crippen LogP contribution < -0.4 is 11.5 Å². The summed E-state index contributed by atoms with van der Waals surface area (Å²) < 4.78 is 0. The summed E-state index contributed by atoms with van der Waals surface area (Å²) in [4.78, 5) is 0. The van der Waals surface area contributed by atoms with Gasteiger partial charge in [-0.05, 0) is 0 Å². The molecule has 0 unspecified atom stereocenters. The quantitative estimate of drug-likeness (QED) is 0.296. The Balaban J connectivity index is 3.60. The van der Waals surface area contributed by atoms with Crippen molar-refractivity contribution in [1.82, 2.24) is 0 Å². The molecule has 0 fully saturated rings. The third kappa shape index (κ3) is 1.09. The van der Waals surface area contributed by atoms with Gasteiger partial charge in [0, 0.05) is 0 Å². The lowest BCUT2D eigenvalue weighted by Gasteiger charge is -2.08. The molecule has 66 valence electrons. The number of rotatable bonds is 0. The van der Waals surface area contributed by atoms with Gasteiger partial charge in [-0.1, -0.05) is 23.2 Å². The molecule has 0 saturated heterocycles. The van der Waals surface area contributed by atoms with E-state index in [-0.39, 0.29) is 21.4 Å². The molecule has 0 spiro atoms. The molecule has 12 heavy (non-hydrogen) atoms. The minimum Gasteiger partial charge on any atom is -0.504 e. The van der Waals surface area contributed by atoms with E-state index in [9.17, 15) is 0 Å². The van der Waals surface area contributed by atoms with Crippen LogP contribution in [0.1, 0.15) is 0 Å². The molecule has 1 aromatic rings. The van der Waals surface area contributed by atoms with Crippen LogP contribution in [0.5, 0.6) is 11.5 Å². The van der Waals surface area contributed by atoms with Gasteiger partial charge in [0.15, 0.2) is 11.5 Å². The Hall–Kier alpha value is -1.00. The topological polar surface area (TPSA) is 92.5 Å². The van der Waals surface area contributed by atoms with Crippen LogP contribution in [0.15, 0.2) is 0 Å². The predicted molar refractivity (Wildman–Crippen MR) is 48.6 cm³/mol. The second-order valence-corrected chi connectivity index (χ2v) is 2.91. The first-order valence-electron chi connectivity index (χ1n) is 2.90. The smallest absolute Gasteiger partial charge is 0.161 e. The van der Waals surface area contributed by atoms with E-state index >= 15 is 0 Å². The first kappa shape index (κ1) is 9.09. The van der Waals surface area contributed by atoms with Gasteiger partial charge in [0.05, 0.1) is 11.4 Å². The SMILES string of the molecule is Nc1c(O)c(Cl)c(N)c(O)c1Cl. The second-order valence-electron chi connectivity index (χ2n) is 2.15. The molecule has 4 nitrogen and oxygen atoms in total. The molecule has 0 atom stereocenters. The van der Waals surface area contributed by atoms with E-state index in [0.717, 1.165) is 0 Å². The van der Waals surface area contributed by atoms with Gasteiger partial charge in [-0.2, -0.15) is 0 Å².